The van der Waals surface area contributed by atoms with Gasteiger partial charge in [-0.1, -0.05) is 46.4 Å². The number of nitrogens with two attached hydrogens (primary N) is 2. The monoisotopic (exact) mass is 196 g/mol. The largest absolute Gasteiger partial charge is 0.296 e. The van der Waals surface area contributed by atoms with Crippen LogP contribution in [0.15, 0.2) is 0 Å². The third-order valence-corrected chi connectivity index (χ3v) is 2.02. The van der Waals surface area contributed by atoms with E-state index in [1.165, 1.54) is 0 Å². The van der Waals surface area contributed by atoms with Crippen molar-refractivity contribution in [2.75, 3.05) is 0 Å². The topological polar surface area (TPSA) is 52.0 Å². The molecule has 0 radical (unpaired) electrons. The lowest BCUT2D eigenvalue weighted by Crippen LogP contribution is -2.50. The Labute approximate surface area is 67.0 Å². The van der Waals surface area contributed by atoms with Crippen LogP contribution in [-0.4, -0.2) is 8.91 Å². The molecule has 6 heteroatoms. The van der Waals surface area contributed by atoms with Crippen molar-refractivity contribution < 1.29 is 0 Å². The molecule has 4 N–H and O–H groups in total. The van der Waals surface area contributed by atoms with Crippen LogP contribution in [0.3, 0.4) is 0 Å². The van der Waals surface area contributed by atoms with Crippen molar-refractivity contribution in [3.05, 3.63) is 0 Å². The number of hydrogen-bond acceptors (Lipinski definition) is 2. The second-order valence-electron chi connectivity index (χ2n) is 1.25. The third kappa shape index (κ3) is 2.58. The summed E-state index contributed by atoms with van der Waals surface area (Å²) in [6, 6.07) is 0. The Bertz CT molecular complexity index is 67.0. The van der Waals surface area contributed by atoms with E-state index in [9.17, 15) is 0 Å². The molecule has 0 aliphatic heterocycles. The van der Waals surface area contributed by atoms with Gasteiger partial charge in [0.25, 0.3) is 0 Å². The molecule has 0 heterocycles. The summed E-state index contributed by atoms with van der Waals surface area (Å²) in [7, 11) is 0. The maximum Gasteiger partial charge on any atom is 0.212 e. The van der Waals surface area contributed by atoms with Gasteiger partial charge in [-0.2, -0.15) is 0 Å². The predicted octanol–water partition coefficient (Wildman–Crippen LogP) is 1.17. The Kier molecular flexibility index (Phi) is 2.69. The minimum absolute atomic E-state index is 1.81. The molecular formula is C2H4Cl4N2. The van der Waals surface area contributed by atoms with Crippen LogP contribution in [0.1, 0.15) is 0 Å². The highest BCUT2D eigenvalue weighted by atomic mass is 35.5. The van der Waals surface area contributed by atoms with Crippen LogP contribution in [0.2, 0.25) is 0 Å². The van der Waals surface area contributed by atoms with Crippen LogP contribution in [0, 0.1) is 0 Å². The van der Waals surface area contributed by atoms with Gasteiger partial charge in [0.2, 0.25) is 8.91 Å². The Morgan fingerprint density at radius 1 is 0.750 bits per heavy atom. The molecule has 0 amide bonds. The summed E-state index contributed by atoms with van der Waals surface area (Å²) in [4.78, 5) is 0. The summed E-state index contributed by atoms with van der Waals surface area (Å²) in [5.74, 6) is 0. The molecule has 0 aromatic rings. The zero-order chi connectivity index (χ0) is 7.00. The first-order valence-corrected chi connectivity index (χ1v) is 3.10. The van der Waals surface area contributed by atoms with Crippen molar-refractivity contribution in [1.82, 2.24) is 0 Å². The van der Waals surface area contributed by atoms with E-state index < -0.39 is 8.91 Å². The molecule has 0 aliphatic carbocycles. The summed E-state index contributed by atoms with van der Waals surface area (Å²) in [6.45, 7) is 0. The Morgan fingerprint density at radius 3 is 0.875 bits per heavy atom. The van der Waals surface area contributed by atoms with Crippen molar-refractivity contribution in [2.24, 2.45) is 11.5 Å². The van der Waals surface area contributed by atoms with Crippen molar-refractivity contribution in [2.45, 2.75) is 8.91 Å². The van der Waals surface area contributed by atoms with Crippen LogP contribution in [-0.2, 0) is 0 Å². The molecule has 2 nitrogen and oxygen atoms in total. The third-order valence-electron chi connectivity index (χ3n) is 0.444. The molecule has 0 fully saturated rings. The Balaban J connectivity index is 4.02. The molecule has 0 aliphatic rings. The Morgan fingerprint density at radius 2 is 0.875 bits per heavy atom. The van der Waals surface area contributed by atoms with Crippen molar-refractivity contribution in [3.63, 3.8) is 0 Å². The van der Waals surface area contributed by atoms with E-state index in [0.29, 0.717) is 0 Å². The molecule has 0 aromatic heterocycles. The quantitative estimate of drug-likeness (QED) is 0.490. The van der Waals surface area contributed by atoms with Gasteiger partial charge in [0.15, 0.2) is 0 Å². The van der Waals surface area contributed by atoms with Gasteiger partial charge in [-0.25, -0.2) is 0 Å². The van der Waals surface area contributed by atoms with E-state index in [1.807, 2.05) is 0 Å². The van der Waals surface area contributed by atoms with E-state index in [0.717, 1.165) is 0 Å². The molecule has 0 rings (SSSR count). The van der Waals surface area contributed by atoms with Gasteiger partial charge in [0.1, 0.15) is 0 Å². The zero-order valence-corrected chi connectivity index (χ0v) is 6.69. The fraction of sp³-hybridized carbons (Fsp3) is 1.00. The van der Waals surface area contributed by atoms with Gasteiger partial charge >= 0.3 is 0 Å². The lowest BCUT2D eigenvalue weighted by atomic mass is 10.6. The minimum Gasteiger partial charge on any atom is -0.296 e. The van der Waals surface area contributed by atoms with Crippen molar-refractivity contribution >= 4 is 46.4 Å². The molecule has 0 spiro atoms. The van der Waals surface area contributed by atoms with E-state index in [2.05, 4.69) is 0 Å². The molecule has 0 saturated heterocycles. The highest BCUT2D eigenvalue weighted by Crippen LogP contribution is 2.32. The maximum atomic E-state index is 5.16. The molecule has 0 saturated carbocycles. The van der Waals surface area contributed by atoms with Crippen LogP contribution in [0.25, 0.3) is 0 Å². The SMILES string of the molecule is NC(Cl)(Cl)C(N)(Cl)Cl. The van der Waals surface area contributed by atoms with E-state index >= 15 is 0 Å². The first kappa shape index (κ1) is 9.08. The molecule has 0 bridgehead atoms. The van der Waals surface area contributed by atoms with Gasteiger partial charge in [-0.05, 0) is 0 Å². The summed E-state index contributed by atoms with van der Waals surface area (Å²) in [5.41, 5.74) is 9.91. The van der Waals surface area contributed by atoms with E-state index in [4.69, 9.17) is 57.9 Å². The fourth-order valence-corrected chi connectivity index (χ4v) is 0. The van der Waals surface area contributed by atoms with Crippen LogP contribution < -0.4 is 11.5 Å². The minimum atomic E-state index is -1.81. The van der Waals surface area contributed by atoms with E-state index in [-0.39, 0.29) is 0 Å². The van der Waals surface area contributed by atoms with Crippen molar-refractivity contribution in [3.8, 4) is 0 Å². The van der Waals surface area contributed by atoms with E-state index in [1.54, 1.807) is 0 Å². The van der Waals surface area contributed by atoms with Gasteiger partial charge in [-0.3, -0.25) is 11.5 Å². The molecule has 0 aromatic carbocycles. The van der Waals surface area contributed by atoms with Crippen LogP contribution >= 0.6 is 46.4 Å². The highest BCUT2D eigenvalue weighted by molar-refractivity contribution is 6.61. The smallest absolute Gasteiger partial charge is 0.212 e. The lowest BCUT2D eigenvalue weighted by Gasteiger charge is -2.23. The van der Waals surface area contributed by atoms with Crippen molar-refractivity contribution in [1.29, 1.82) is 0 Å². The summed E-state index contributed by atoms with van der Waals surface area (Å²) in [5, 5.41) is 0. The Hall–Kier alpha value is 1.08. The highest BCUT2D eigenvalue weighted by Gasteiger charge is 2.40. The number of hydrogen-bond donors (Lipinski definition) is 2. The molecule has 0 unspecified atom stereocenters. The lowest BCUT2D eigenvalue weighted by molar-refractivity contribution is 0.703. The number of halogens is 4. The zero-order valence-electron chi connectivity index (χ0n) is 3.67. The number of alkyl halides is 4. The normalized spacial score (nSPS) is 14.2. The van der Waals surface area contributed by atoms with Crippen LogP contribution in [0.4, 0.5) is 0 Å². The maximum absolute atomic E-state index is 5.16. The average Bonchev–Trinajstić information content (AvgIpc) is 1.25. The summed E-state index contributed by atoms with van der Waals surface area (Å²) in [6.07, 6.45) is 0. The standard InChI is InChI=1S/C2H4Cl4N2/c3-1(4,7)2(5,6)8/h7-8H2. The van der Waals surface area contributed by atoms with Crippen LogP contribution in [0.5, 0.6) is 0 Å². The molecule has 0 atom stereocenters. The van der Waals surface area contributed by atoms with Gasteiger partial charge in [0, 0.05) is 0 Å². The second-order valence-corrected chi connectivity index (χ2v) is 4.02. The second kappa shape index (κ2) is 2.37. The summed E-state index contributed by atoms with van der Waals surface area (Å²) < 4.78 is -3.62. The average molecular weight is 198 g/mol. The molecule has 50 valence electrons. The first-order valence-electron chi connectivity index (χ1n) is 1.58. The molecule has 8 heavy (non-hydrogen) atoms. The van der Waals surface area contributed by atoms with Gasteiger partial charge in [0.05, 0.1) is 0 Å². The molecular weight excluding hydrogens is 194 g/mol. The fourth-order valence-electron chi connectivity index (χ4n) is 0. The summed E-state index contributed by atoms with van der Waals surface area (Å²) >= 11 is 20.7. The predicted molar refractivity (Wildman–Crippen MR) is 37.2 cm³/mol. The van der Waals surface area contributed by atoms with Gasteiger partial charge < -0.3 is 0 Å². The number of rotatable bonds is 1. The first-order chi connectivity index (χ1) is 3.25. The van der Waals surface area contributed by atoms with Gasteiger partial charge in [-0.15, -0.1) is 0 Å².